The zero-order valence-electron chi connectivity index (χ0n) is 14.2. The molecular formula is C19H16BrN3O3. The third-order valence-corrected chi connectivity index (χ3v) is 4.68. The van der Waals surface area contributed by atoms with Crippen LogP contribution >= 0.6 is 15.9 Å². The van der Waals surface area contributed by atoms with Gasteiger partial charge in [-0.2, -0.15) is 0 Å². The van der Waals surface area contributed by atoms with Crippen LogP contribution in [0.1, 0.15) is 11.1 Å². The summed E-state index contributed by atoms with van der Waals surface area (Å²) in [6.07, 6.45) is 1.28. The van der Waals surface area contributed by atoms with Crippen molar-refractivity contribution in [2.24, 2.45) is 10.9 Å². The van der Waals surface area contributed by atoms with Gasteiger partial charge in [-0.25, -0.2) is 9.69 Å². The second kappa shape index (κ2) is 7.21. The molecule has 1 atom stereocenters. The number of aryl methyl sites for hydroxylation is 2. The third kappa shape index (κ3) is 3.57. The molecule has 0 saturated carbocycles. The highest BCUT2D eigenvalue weighted by atomic mass is 79.9. The highest BCUT2D eigenvalue weighted by Crippen LogP contribution is 2.23. The van der Waals surface area contributed by atoms with Crippen LogP contribution in [0.25, 0.3) is 0 Å². The lowest BCUT2D eigenvalue weighted by Gasteiger charge is -2.28. The van der Waals surface area contributed by atoms with E-state index in [1.165, 1.54) is 6.21 Å². The largest absolute Gasteiger partial charge is 0.335 e. The number of barbiturate groups is 1. The van der Waals surface area contributed by atoms with E-state index in [2.05, 4.69) is 26.2 Å². The molecule has 1 aliphatic rings. The number of hydrogen-bond acceptors (Lipinski definition) is 4. The van der Waals surface area contributed by atoms with Crippen molar-refractivity contribution in [3.63, 3.8) is 0 Å². The Labute approximate surface area is 159 Å². The topological polar surface area (TPSA) is 78.8 Å². The molecule has 0 bridgehead atoms. The van der Waals surface area contributed by atoms with Crippen LogP contribution in [-0.2, 0) is 9.59 Å². The Kier molecular flexibility index (Phi) is 4.99. The first-order valence-corrected chi connectivity index (χ1v) is 8.72. The lowest BCUT2D eigenvalue weighted by molar-refractivity contribution is -0.131. The average molecular weight is 414 g/mol. The monoisotopic (exact) mass is 413 g/mol. The summed E-state index contributed by atoms with van der Waals surface area (Å²) in [6, 6.07) is 11.5. The van der Waals surface area contributed by atoms with E-state index in [1.807, 2.05) is 32.0 Å². The molecule has 2 aromatic carbocycles. The number of hydrogen-bond donors (Lipinski definition) is 1. The summed E-state index contributed by atoms with van der Waals surface area (Å²) in [4.78, 5) is 42.1. The first-order valence-electron chi connectivity index (χ1n) is 7.92. The molecule has 1 saturated heterocycles. The van der Waals surface area contributed by atoms with Gasteiger partial charge in [0.1, 0.15) is 0 Å². The maximum Gasteiger partial charge on any atom is 0.335 e. The van der Waals surface area contributed by atoms with Crippen LogP contribution in [0, 0.1) is 19.8 Å². The van der Waals surface area contributed by atoms with E-state index in [-0.39, 0.29) is 0 Å². The average Bonchev–Trinajstić information content (AvgIpc) is 2.59. The quantitative estimate of drug-likeness (QED) is 0.615. The number of anilines is 1. The Bertz CT molecular complexity index is 922. The summed E-state index contributed by atoms with van der Waals surface area (Å²) in [5.41, 5.74) is 3.21. The van der Waals surface area contributed by atoms with E-state index in [0.717, 1.165) is 20.5 Å². The fraction of sp³-hybridized carbons (Fsp3) is 0.158. The predicted molar refractivity (Wildman–Crippen MR) is 103 cm³/mol. The van der Waals surface area contributed by atoms with Crippen LogP contribution in [0.5, 0.6) is 0 Å². The van der Waals surface area contributed by atoms with Crippen molar-refractivity contribution >= 4 is 51.4 Å². The van der Waals surface area contributed by atoms with Crippen LogP contribution in [0.2, 0.25) is 0 Å². The molecule has 132 valence electrons. The van der Waals surface area contributed by atoms with Gasteiger partial charge in [-0.15, -0.1) is 0 Å². The van der Waals surface area contributed by atoms with Crippen molar-refractivity contribution in [3.05, 3.63) is 58.1 Å². The number of benzene rings is 2. The standard InChI is InChI=1S/C19H16BrN3O3/c1-11-3-6-14(9-12(11)2)21-10-16-17(24)22-19(26)23(18(16)25)15-7-4-13(20)5-8-15/h3-10,16H,1-2H3,(H,22,24,26)/t16-/m1/s1. The first-order chi connectivity index (χ1) is 12.4. The highest BCUT2D eigenvalue weighted by molar-refractivity contribution is 9.10. The molecule has 1 fully saturated rings. The molecule has 0 unspecified atom stereocenters. The maximum atomic E-state index is 12.7. The number of aliphatic imine (C=N–C) groups is 1. The van der Waals surface area contributed by atoms with Gasteiger partial charge in [0, 0.05) is 10.7 Å². The fourth-order valence-corrected chi connectivity index (χ4v) is 2.79. The van der Waals surface area contributed by atoms with Crippen LogP contribution in [0.3, 0.4) is 0 Å². The van der Waals surface area contributed by atoms with Crippen molar-refractivity contribution in [2.75, 3.05) is 4.90 Å². The minimum absolute atomic E-state index is 0.382. The van der Waals surface area contributed by atoms with Gasteiger partial charge in [0.15, 0.2) is 5.92 Å². The van der Waals surface area contributed by atoms with Crippen molar-refractivity contribution in [3.8, 4) is 0 Å². The molecule has 4 amide bonds. The zero-order chi connectivity index (χ0) is 18.8. The molecule has 1 aliphatic heterocycles. The number of amides is 4. The van der Waals surface area contributed by atoms with Crippen LogP contribution in [0.15, 0.2) is 51.9 Å². The molecule has 2 aromatic rings. The highest BCUT2D eigenvalue weighted by Gasteiger charge is 2.40. The first kappa shape index (κ1) is 18.0. The van der Waals surface area contributed by atoms with Crippen molar-refractivity contribution in [1.29, 1.82) is 0 Å². The van der Waals surface area contributed by atoms with E-state index >= 15 is 0 Å². The number of nitrogens with zero attached hydrogens (tertiary/aromatic N) is 2. The van der Waals surface area contributed by atoms with Gasteiger partial charge < -0.3 is 0 Å². The summed E-state index contributed by atoms with van der Waals surface area (Å²) in [5, 5.41) is 2.20. The SMILES string of the molecule is Cc1ccc(N=C[C@@H]2C(=O)NC(=O)N(c3ccc(Br)cc3)C2=O)cc1C. The molecule has 26 heavy (non-hydrogen) atoms. The van der Waals surface area contributed by atoms with E-state index in [1.54, 1.807) is 24.3 Å². The number of carbonyl (C=O) groups excluding carboxylic acids is 3. The van der Waals surface area contributed by atoms with Gasteiger partial charge in [0.2, 0.25) is 5.91 Å². The molecule has 0 spiro atoms. The van der Waals surface area contributed by atoms with E-state index in [4.69, 9.17) is 0 Å². The predicted octanol–water partition coefficient (Wildman–Crippen LogP) is 3.67. The molecule has 7 heteroatoms. The van der Waals surface area contributed by atoms with E-state index in [9.17, 15) is 14.4 Å². The number of carbonyl (C=O) groups is 3. The summed E-state index contributed by atoms with van der Waals surface area (Å²) < 4.78 is 0.815. The Hall–Kier alpha value is -2.80. The Balaban J connectivity index is 1.88. The number of rotatable bonds is 3. The molecular weight excluding hydrogens is 398 g/mol. The fourth-order valence-electron chi connectivity index (χ4n) is 2.52. The lowest BCUT2D eigenvalue weighted by atomic mass is 10.1. The minimum Gasteiger partial charge on any atom is -0.276 e. The Morgan fingerprint density at radius 2 is 1.73 bits per heavy atom. The third-order valence-electron chi connectivity index (χ3n) is 4.15. The zero-order valence-corrected chi connectivity index (χ0v) is 15.8. The maximum absolute atomic E-state index is 12.7. The lowest BCUT2D eigenvalue weighted by Crippen LogP contribution is -2.58. The number of imide groups is 2. The van der Waals surface area contributed by atoms with E-state index in [0.29, 0.717) is 11.4 Å². The molecule has 1 N–H and O–H groups in total. The summed E-state index contributed by atoms with van der Waals surface area (Å²) in [6.45, 7) is 3.95. The summed E-state index contributed by atoms with van der Waals surface area (Å²) in [5.74, 6) is -2.48. The normalized spacial score (nSPS) is 17.7. The van der Waals surface area contributed by atoms with Crippen molar-refractivity contribution < 1.29 is 14.4 Å². The van der Waals surface area contributed by atoms with Crippen molar-refractivity contribution in [2.45, 2.75) is 13.8 Å². The van der Waals surface area contributed by atoms with Gasteiger partial charge in [-0.3, -0.25) is 19.9 Å². The smallest absolute Gasteiger partial charge is 0.276 e. The minimum atomic E-state index is -1.17. The molecule has 6 nitrogen and oxygen atoms in total. The molecule has 1 heterocycles. The molecule has 3 rings (SSSR count). The second-order valence-electron chi connectivity index (χ2n) is 5.97. The summed E-state index contributed by atoms with van der Waals surface area (Å²) in [7, 11) is 0. The van der Waals surface area contributed by atoms with Gasteiger partial charge in [0.05, 0.1) is 11.4 Å². The summed E-state index contributed by atoms with van der Waals surface area (Å²) >= 11 is 3.30. The van der Waals surface area contributed by atoms with Gasteiger partial charge in [0.25, 0.3) is 5.91 Å². The number of urea groups is 1. The Morgan fingerprint density at radius 3 is 2.38 bits per heavy atom. The number of halogens is 1. The Morgan fingerprint density at radius 1 is 1.04 bits per heavy atom. The molecule has 0 aromatic heterocycles. The van der Waals surface area contributed by atoms with Crippen LogP contribution in [0.4, 0.5) is 16.2 Å². The molecule has 0 radical (unpaired) electrons. The number of nitrogens with one attached hydrogen (secondary N) is 1. The van der Waals surface area contributed by atoms with Crippen LogP contribution < -0.4 is 10.2 Å². The van der Waals surface area contributed by atoms with Crippen molar-refractivity contribution in [1.82, 2.24) is 5.32 Å². The van der Waals surface area contributed by atoms with Gasteiger partial charge in [-0.1, -0.05) is 22.0 Å². The van der Waals surface area contributed by atoms with Gasteiger partial charge in [-0.05, 0) is 61.4 Å². The van der Waals surface area contributed by atoms with Gasteiger partial charge >= 0.3 is 6.03 Å². The van der Waals surface area contributed by atoms with Crippen LogP contribution in [-0.4, -0.2) is 24.1 Å². The second-order valence-corrected chi connectivity index (χ2v) is 6.88. The molecule has 0 aliphatic carbocycles. The van der Waals surface area contributed by atoms with E-state index < -0.39 is 23.8 Å².